The minimum atomic E-state index is -4.35. The van der Waals surface area contributed by atoms with Crippen molar-refractivity contribution < 1.29 is 23.1 Å². The van der Waals surface area contributed by atoms with E-state index < -0.39 is 17.8 Å². The van der Waals surface area contributed by atoms with Gasteiger partial charge >= 0.3 is 6.18 Å². The number of rotatable bonds is 1. The lowest BCUT2D eigenvalue weighted by Crippen LogP contribution is -2.27. The van der Waals surface area contributed by atoms with E-state index >= 15 is 0 Å². The predicted molar refractivity (Wildman–Crippen MR) is 67.1 cm³/mol. The molecule has 2 heterocycles. The Hall–Kier alpha value is -1.63. The van der Waals surface area contributed by atoms with E-state index in [1.165, 1.54) is 12.3 Å². The van der Waals surface area contributed by atoms with Gasteiger partial charge in [-0.2, -0.15) is 13.2 Å². The second-order valence-corrected chi connectivity index (χ2v) is 4.50. The summed E-state index contributed by atoms with van der Waals surface area (Å²) >= 11 is 0. The third-order valence-corrected chi connectivity index (χ3v) is 2.79. The van der Waals surface area contributed by atoms with Gasteiger partial charge in [0.05, 0.1) is 0 Å². The average molecular weight is 290 g/mol. The Kier molecular flexibility index (Phi) is 5.94. The van der Waals surface area contributed by atoms with E-state index in [-0.39, 0.29) is 6.04 Å². The number of carboxylic acids is 1. The first-order chi connectivity index (χ1) is 9.30. The molecular formula is C13H17F3N2O2. The van der Waals surface area contributed by atoms with E-state index in [9.17, 15) is 13.2 Å². The fraction of sp³-hybridized carbons (Fsp3) is 0.538. The van der Waals surface area contributed by atoms with Crippen molar-refractivity contribution >= 4 is 5.97 Å². The van der Waals surface area contributed by atoms with Crippen molar-refractivity contribution in [3.63, 3.8) is 0 Å². The van der Waals surface area contributed by atoms with Gasteiger partial charge in [0.15, 0.2) is 0 Å². The number of pyridine rings is 1. The van der Waals surface area contributed by atoms with Gasteiger partial charge in [-0.1, -0.05) is 12.5 Å². The number of carbonyl (C=O) groups is 1. The van der Waals surface area contributed by atoms with Gasteiger partial charge in [-0.05, 0) is 31.0 Å². The Bertz CT molecular complexity index is 422. The van der Waals surface area contributed by atoms with E-state index in [0.717, 1.165) is 44.4 Å². The molecule has 1 aromatic heterocycles. The third kappa shape index (κ3) is 5.56. The number of hydrogen-bond donors (Lipinski definition) is 2. The van der Waals surface area contributed by atoms with Crippen LogP contribution in [0.1, 0.15) is 43.5 Å². The van der Waals surface area contributed by atoms with Crippen LogP contribution >= 0.6 is 0 Å². The first-order valence-corrected chi connectivity index (χ1v) is 6.26. The van der Waals surface area contributed by atoms with Crippen LogP contribution in [-0.4, -0.2) is 22.6 Å². The monoisotopic (exact) mass is 290 g/mol. The molecule has 4 nitrogen and oxygen atoms in total. The maximum absolute atomic E-state index is 12.3. The summed E-state index contributed by atoms with van der Waals surface area (Å²) in [5, 5.41) is 10.7. The minimum Gasteiger partial charge on any atom is -0.481 e. The molecule has 0 aromatic carbocycles. The van der Waals surface area contributed by atoms with Crippen LogP contribution in [0.5, 0.6) is 0 Å². The number of alkyl halides is 3. The van der Waals surface area contributed by atoms with E-state index in [2.05, 4.69) is 10.3 Å². The van der Waals surface area contributed by atoms with E-state index in [1.807, 2.05) is 0 Å². The van der Waals surface area contributed by atoms with Gasteiger partial charge < -0.3 is 10.4 Å². The molecule has 1 aromatic rings. The lowest BCUT2D eigenvalue weighted by atomic mass is 9.99. The quantitative estimate of drug-likeness (QED) is 0.834. The first kappa shape index (κ1) is 16.4. The van der Waals surface area contributed by atoms with Gasteiger partial charge in [0.1, 0.15) is 5.69 Å². The Morgan fingerprint density at radius 1 is 1.40 bits per heavy atom. The molecule has 0 saturated carbocycles. The Labute approximate surface area is 115 Å². The Morgan fingerprint density at radius 3 is 2.45 bits per heavy atom. The van der Waals surface area contributed by atoms with E-state index in [0.29, 0.717) is 0 Å². The van der Waals surface area contributed by atoms with Crippen molar-refractivity contribution in [3.05, 3.63) is 29.6 Å². The SMILES string of the molecule is CC(=O)O.FC(F)(F)c1ccc(C2CCCCN2)cn1. The summed E-state index contributed by atoms with van der Waals surface area (Å²) in [5.74, 6) is -0.833. The first-order valence-electron chi connectivity index (χ1n) is 6.26. The summed E-state index contributed by atoms with van der Waals surface area (Å²) in [6.45, 7) is 2.01. The van der Waals surface area contributed by atoms with Gasteiger partial charge in [-0.15, -0.1) is 0 Å². The fourth-order valence-electron chi connectivity index (χ4n) is 1.92. The summed E-state index contributed by atoms with van der Waals surface area (Å²) in [5.41, 5.74) is 0.0137. The summed E-state index contributed by atoms with van der Waals surface area (Å²) < 4.78 is 36.9. The standard InChI is InChI=1S/C11H13F3N2.C2H4O2/c12-11(13,14)10-5-4-8(7-16-10)9-3-1-2-6-15-9;1-2(3)4/h4-5,7,9,15H,1-3,6H2;1H3,(H,3,4). The zero-order valence-electron chi connectivity index (χ0n) is 11.1. The summed E-state index contributed by atoms with van der Waals surface area (Å²) in [7, 11) is 0. The second kappa shape index (κ2) is 7.23. The fourth-order valence-corrected chi connectivity index (χ4v) is 1.92. The van der Waals surface area contributed by atoms with Gasteiger partial charge in [0, 0.05) is 19.2 Å². The van der Waals surface area contributed by atoms with Crippen LogP contribution < -0.4 is 5.32 Å². The average Bonchev–Trinajstić information content (AvgIpc) is 2.38. The van der Waals surface area contributed by atoms with Crippen LogP contribution in [0.25, 0.3) is 0 Å². The zero-order valence-corrected chi connectivity index (χ0v) is 11.1. The molecule has 112 valence electrons. The number of piperidine rings is 1. The lowest BCUT2D eigenvalue weighted by Gasteiger charge is -2.23. The second-order valence-electron chi connectivity index (χ2n) is 4.50. The molecule has 0 bridgehead atoms. The highest BCUT2D eigenvalue weighted by Crippen LogP contribution is 2.29. The largest absolute Gasteiger partial charge is 0.481 e. The molecule has 1 atom stereocenters. The van der Waals surface area contributed by atoms with Gasteiger partial charge in [0.25, 0.3) is 5.97 Å². The van der Waals surface area contributed by atoms with Crippen molar-refractivity contribution in [2.24, 2.45) is 0 Å². The molecule has 20 heavy (non-hydrogen) atoms. The highest BCUT2D eigenvalue weighted by atomic mass is 19.4. The molecule has 1 unspecified atom stereocenters. The molecule has 1 aliphatic rings. The van der Waals surface area contributed by atoms with Crippen molar-refractivity contribution in [1.82, 2.24) is 10.3 Å². The van der Waals surface area contributed by atoms with Crippen LogP contribution in [0.3, 0.4) is 0 Å². The number of nitrogens with one attached hydrogen (secondary N) is 1. The number of aromatic nitrogens is 1. The molecule has 0 spiro atoms. The van der Waals surface area contributed by atoms with Gasteiger partial charge in [0.2, 0.25) is 0 Å². The molecule has 2 N–H and O–H groups in total. The molecule has 1 saturated heterocycles. The van der Waals surface area contributed by atoms with E-state index in [1.54, 1.807) is 0 Å². The highest BCUT2D eigenvalue weighted by Gasteiger charge is 2.32. The number of hydrogen-bond acceptors (Lipinski definition) is 3. The molecule has 7 heteroatoms. The number of halogens is 3. The van der Waals surface area contributed by atoms with Crippen LogP contribution in [0.4, 0.5) is 13.2 Å². The number of nitrogens with zero attached hydrogens (tertiary/aromatic N) is 1. The molecule has 0 radical (unpaired) electrons. The predicted octanol–water partition coefficient (Wildman–Crippen LogP) is 3.01. The molecule has 0 aliphatic carbocycles. The van der Waals surface area contributed by atoms with Crippen LogP contribution in [0, 0.1) is 0 Å². The smallest absolute Gasteiger partial charge is 0.433 e. The topological polar surface area (TPSA) is 62.2 Å². The van der Waals surface area contributed by atoms with Crippen LogP contribution in [0.15, 0.2) is 18.3 Å². The molecule has 0 amide bonds. The highest BCUT2D eigenvalue weighted by molar-refractivity contribution is 5.62. The molecular weight excluding hydrogens is 273 g/mol. The minimum absolute atomic E-state index is 0.156. The normalized spacial score (nSPS) is 18.9. The summed E-state index contributed by atoms with van der Waals surface area (Å²) in [4.78, 5) is 12.5. The van der Waals surface area contributed by atoms with Gasteiger partial charge in [-0.3, -0.25) is 9.78 Å². The molecule has 2 rings (SSSR count). The Balaban J connectivity index is 0.000000444. The van der Waals surface area contributed by atoms with E-state index in [4.69, 9.17) is 9.90 Å². The molecule has 1 aliphatic heterocycles. The maximum Gasteiger partial charge on any atom is 0.433 e. The van der Waals surface area contributed by atoms with Crippen LogP contribution in [-0.2, 0) is 11.0 Å². The zero-order chi connectivity index (χ0) is 15.2. The van der Waals surface area contributed by atoms with Crippen molar-refractivity contribution in [2.75, 3.05) is 6.54 Å². The van der Waals surface area contributed by atoms with Gasteiger partial charge in [-0.25, -0.2) is 0 Å². The van der Waals surface area contributed by atoms with Crippen LogP contribution in [0.2, 0.25) is 0 Å². The molecule has 1 fully saturated rings. The Morgan fingerprint density at radius 2 is 2.05 bits per heavy atom. The van der Waals surface area contributed by atoms with Crippen molar-refractivity contribution in [3.8, 4) is 0 Å². The third-order valence-electron chi connectivity index (χ3n) is 2.79. The summed E-state index contributed by atoms with van der Waals surface area (Å²) in [6.07, 6.45) is 0.181. The summed E-state index contributed by atoms with van der Waals surface area (Å²) in [6, 6.07) is 2.72. The maximum atomic E-state index is 12.3. The number of aliphatic carboxylic acids is 1. The van der Waals surface area contributed by atoms with Crippen molar-refractivity contribution in [2.45, 2.75) is 38.4 Å². The van der Waals surface area contributed by atoms with Crippen molar-refractivity contribution in [1.29, 1.82) is 0 Å². The lowest BCUT2D eigenvalue weighted by molar-refractivity contribution is -0.141. The number of carboxylic acid groups (broad SMARTS) is 1.